The number of nitrogen functional groups attached to an aromatic ring is 1. The molecule has 1 aliphatic carbocycles. The Kier molecular flexibility index (Phi) is 5.86. The highest BCUT2D eigenvalue weighted by Gasteiger charge is 2.37. The monoisotopic (exact) mass is 493 g/mol. The van der Waals surface area contributed by atoms with E-state index in [0.717, 1.165) is 0 Å². The number of ketones is 2. The first kappa shape index (κ1) is 21.5. The van der Waals surface area contributed by atoms with Crippen molar-refractivity contribution in [2.24, 2.45) is 0 Å². The molecule has 156 valence electrons. The van der Waals surface area contributed by atoms with Crippen molar-refractivity contribution in [1.82, 2.24) is 0 Å². The van der Waals surface area contributed by atoms with E-state index in [2.05, 4.69) is 0 Å². The fourth-order valence-corrected chi connectivity index (χ4v) is 3.81. The summed E-state index contributed by atoms with van der Waals surface area (Å²) in [7, 11) is 0. The van der Waals surface area contributed by atoms with Gasteiger partial charge in [0.15, 0.2) is 0 Å². The molecule has 0 amide bonds. The van der Waals surface area contributed by atoms with E-state index in [1.54, 1.807) is 0 Å². The summed E-state index contributed by atoms with van der Waals surface area (Å²) in [5.41, 5.74) is 6.32. The van der Waals surface area contributed by atoms with Crippen molar-refractivity contribution in [1.29, 1.82) is 0 Å². The molecule has 0 saturated heterocycles. The average molecular weight is 495 g/mol. The molecule has 0 aliphatic heterocycles. The lowest BCUT2D eigenvalue weighted by molar-refractivity contribution is 0.0897. The van der Waals surface area contributed by atoms with Gasteiger partial charge in [-0.05, 0) is 54.6 Å². The van der Waals surface area contributed by atoms with Gasteiger partial charge in [0.25, 0.3) is 0 Å². The highest BCUT2D eigenvalue weighted by molar-refractivity contribution is 6.36. The lowest BCUT2D eigenvalue weighted by Gasteiger charge is -2.22. The summed E-state index contributed by atoms with van der Waals surface area (Å²) in [4.78, 5) is 26.5. The highest BCUT2D eigenvalue weighted by atomic mass is 35.5. The maximum atomic E-state index is 13.2. The quantitative estimate of drug-likeness (QED) is 0.411. The Labute approximate surface area is 196 Å². The van der Waals surface area contributed by atoms with E-state index in [1.165, 1.54) is 54.6 Å². The zero-order chi connectivity index (χ0) is 22.3. The number of rotatable bonds is 4. The van der Waals surface area contributed by atoms with Gasteiger partial charge in [-0.3, -0.25) is 9.59 Å². The second-order valence-corrected chi connectivity index (χ2v) is 8.16. The lowest BCUT2D eigenvalue weighted by Crippen LogP contribution is -2.28. The van der Waals surface area contributed by atoms with E-state index < -0.39 is 11.6 Å². The van der Waals surface area contributed by atoms with Crippen LogP contribution in [0.1, 0.15) is 20.7 Å². The zero-order valence-electron chi connectivity index (χ0n) is 15.4. The molecule has 0 spiro atoms. The number of benzene rings is 3. The van der Waals surface area contributed by atoms with E-state index in [1.807, 2.05) is 0 Å². The van der Waals surface area contributed by atoms with Gasteiger partial charge in [0.05, 0.1) is 10.0 Å². The van der Waals surface area contributed by atoms with Crippen LogP contribution in [0.5, 0.6) is 11.5 Å². The van der Waals surface area contributed by atoms with E-state index >= 15 is 0 Å². The molecular weight excluding hydrogens is 484 g/mol. The van der Waals surface area contributed by atoms with Gasteiger partial charge in [-0.25, -0.2) is 0 Å². The Bertz CT molecular complexity index is 1290. The van der Waals surface area contributed by atoms with Crippen molar-refractivity contribution in [2.45, 2.75) is 0 Å². The summed E-state index contributed by atoms with van der Waals surface area (Å²) in [6, 6.07) is 13.2. The first-order valence-electron chi connectivity index (χ1n) is 8.73. The third-order valence-corrected chi connectivity index (χ3v) is 5.42. The molecule has 9 heteroatoms. The number of nitrogens with two attached hydrogens (primary N) is 1. The van der Waals surface area contributed by atoms with Crippen molar-refractivity contribution < 1.29 is 19.1 Å². The number of carbonyl (C=O) groups is 2. The molecule has 0 heterocycles. The Morgan fingerprint density at radius 1 is 0.613 bits per heavy atom. The van der Waals surface area contributed by atoms with Gasteiger partial charge in [-0.1, -0.05) is 46.4 Å². The van der Waals surface area contributed by atoms with Crippen molar-refractivity contribution >= 4 is 63.7 Å². The third kappa shape index (κ3) is 4.23. The van der Waals surface area contributed by atoms with Gasteiger partial charge in [-0.2, -0.15) is 0 Å². The van der Waals surface area contributed by atoms with Crippen molar-refractivity contribution in [3.05, 3.63) is 97.3 Å². The number of fused-ring (bicyclic) bond motifs is 1. The Hall–Kier alpha value is -2.70. The normalized spacial score (nSPS) is 13.3. The number of ether oxygens (including phenoxy) is 2. The summed E-state index contributed by atoms with van der Waals surface area (Å²) in [6.07, 6.45) is 0. The topological polar surface area (TPSA) is 78.6 Å². The van der Waals surface area contributed by atoms with Gasteiger partial charge in [0.2, 0.25) is 23.1 Å². The smallest absolute Gasteiger partial charge is 0.233 e. The standard InChI is InChI=1S/C22H11Cl4NO4/c23-10-1-5-17(15(25)7-10)30-21-19(28)13-4-3-12(27)9-14(13)20(29)22(21)31-18-6-2-11(24)8-16(18)26/h1-9H,27H2. The van der Waals surface area contributed by atoms with Crippen LogP contribution in [-0.4, -0.2) is 11.6 Å². The Morgan fingerprint density at radius 3 is 1.58 bits per heavy atom. The number of hydrogen-bond acceptors (Lipinski definition) is 5. The number of carbonyl (C=O) groups excluding carboxylic acids is 2. The molecule has 31 heavy (non-hydrogen) atoms. The first-order valence-corrected chi connectivity index (χ1v) is 10.2. The molecule has 2 N–H and O–H groups in total. The summed E-state index contributed by atoms with van der Waals surface area (Å²) < 4.78 is 11.5. The van der Waals surface area contributed by atoms with Crippen LogP contribution in [0.4, 0.5) is 5.69 Å². The summed E-state index contributed by atoms with van der Waals surface area (Å²) >= 11 is 24.2. The third-order valence-electron chi connectivity index (χ3n) is 4.36. The Morgan fingerprint density at radius 2 is 1.10 bits per heavy atom. The van der Waals surface area contributed by atoms with E-state index in [-0.39, 0.29) is 44.2 Å². The molecule has 0 atom stereocenters. The second-order valence-electron chi connectivity index (χ2n) is 6.48. The van der Waals surface area contributed by atoms with Crippen LogP contribution in [0.3, 0.4) is 0 Å². The molecule has 0 saturated carbocycles. The molecule has 3 aromatic carbocycles. The van der Waals surface area contributed by atoms with E-state index in [0.29, 0.717) is 15.7 Å². The number of hydrogen-bond donors (Lipinski definition) is 1. The van der Waals surface area contributed by atoms with Crippen LogP contribution in [0.25, 0.3) is 0 Å². The zero-order valence-corrected chi connectivity index (χ0v) is 18.4. The molecule has 0 radical (unpaired) electrons. The fraction of sp³-hybridized carbons (Fsp3) is 0. The molecule has 4 rings (SSSR count). The van der Waals surface area contributed by atoms with Gasteiger partial charge in [-0.15, -0.1) is 0 Å². The van der Waals surface area contributed by atoms with Crippen LogP contribution in [0, 0.1) is 0 Å². The first-order chi connectivity index (χ1) is 14.7. The molecule has 0 fully saturated rings. The largest absolute Gasteiger partial charge is 0.448 e. The van der Waals surface area contributed by atoms with Gasteiger partial charge < -0.3 is 15.2 Å². The van der Waals surface area contributed by atoms with E-state index in [9.17, 15) is 9.59 Å². The molecule has 0 bridgehead atoms. The maximum absolute atomic E-state index is 13.2. The molecule has 3 aromatic rings. The van der Waals surface area contributed by atoms with Gasteiger partial charge in [0, 0.05) is 26.9 Å². The predicted octanol–water partition coefficient (Wildman–Crippen LogP) is 6.63. The number of halogens is 4. The molecule has 0 aromatic heterocycles. The summed E-state index contributed by atoms with van der Waals surface area (Å²) in [6.45, 7) is 0. The fourth-order valence-electron chi connectivity index (χ4n) is 2.92. The van der Waals surface area contributed by atoms with Crippen LogP contribution in [0.2, 0.25) is 20.1 Å². The van der Waals surface area contributed by atoms with Gasteiger partial charge >= 0.3 is 0 Å². The maximum Gasteiger partial charge on any atom is 0.233 e. The predicted molar refractivity (Wildman–Crippen MR) is 121 cm³/mol. The molecular formula is C22H11Cl4NO4. The second kappa shape index (κ2) is 8.44. The lowest BCUT2D eigenvalue weighted by atomic mass is 9.91. The summed E-state index contributed by atoms with van der Waals surface area (Å²) in [5, 5.41) is 1.04. The molecule has 1 aliphatic rings. The van der Waals surface area contributed by atoms with Crippen molar-refractivity contribution in [2.75, 3.05) is 5.73 Å². The minimum Gasteiger partial charge on any atom is -0.448 e. The minimum absolute atomic E-state index is 0.0830. The van der Waals surface area contributed by atoms with Crippen LogP contribution in [-0.2, 0) is 0 Å². The minimum atomic E-state index is -0.604. The van der Waals surface area contributed by atoms with Crippen LogP contribution in [0.15, 0.2) is 66.1 Å². The van der Waals surface area contributed by atoms with Crippen molar-refractivity contribution in [3.63, 3.8) is 0 Å². The van der Waals surface area contributed by atoms with E-state index in [4.69, 9.17) is 61.6 Å². The highest BCUT2D eigenvalue weighted by Crippen LogP contribution is 2.36. The number of anilines is 1. The Balaban J connectivity index is 1.86. The summed E-state index contributed by atoms with van der Waals surface area (Å²) in [5.74, 6) is -1.67. The van der Waals surface area contributed by atoms with Crippen LogP contribution >= 0.6 is 46.4 Å². The number of Topliss-reactive ketones (excluding diaryl/α,β-unsaturated/α-hetero) is 2. The number of allylic oxidation sites excluding steroid dienone is 2. The SMILES string of the molecule is Nc1ccc2c(c1)C(=O)C(Oc1ccc(Cl)cc1Cl)=C(Oc1ccc(Cl)cc1Cl)C2=O. The average Bonchev–Trinajstić information content (AvgIpc) is 2.71. The van der Waals surface area contributed by atoms with Gasteiger partial charge in [0.1, 0.15) is 11.5 Å². The van der Waals surface area contributed by atoms with Crippen molar-refractivity contribution in [3.8, 4) is 11.5 Å². The van der Waals surface area contributed by atoms with Crippen LogP contribution < -0.4 is 15.2 Å². The molecule has 5 nitrogen and oxygen atoms in total. The molecule has 0 unspecified atom stereocenters.